The van der Waals surface area contributed by atoms with Crippen LogP contribution >= 0.6 is 23.2 Å². The average molecular weight is 953 g/mol. The number of imide groups is 2. The maximum Gasteiger partial charge on any atom is 0.262 e. The van der Waals surface area contributed by atoms with Gasteiger partial charge in [0.1, 0.15) is 17.9 Å². The zero-order valence-electron chi connectivity index (χ0n) is 37.3. The average Bonchev–Trinajstić information content (AvgIpc) is 3.85. The zero-order valence-corrected chi connectivity index (χ0v) is 38.8. The predicted molar refractivity (Wildman–Crippen MR) is 251 cm³/mol. The summed E-state index contributed by atoms with van der Waals surface area (Å²) in [7, 11) is 0. The van der Waals surface area contributed by atoms with E-state index < -0.39 is 29.7 Å². The van der Waals surface area contributed by atoms with Crippen LogP contribution in [-0.2, 0) is 14.4 Å². The number of imidazole rings is 1. The van der Waals surface area contributed by atoms with Crippen molar-refractivity contribution >= 4 is 81.3 Å². The highest BCUT2D eigenvalue weighted by molar-refractivity contribution is 6.39. The third-order valence-corrected chi connectivity index (χ3v) is 15.6. The zero-order chi connectivity index (χ0) is 46.3. The summed E-state index contributed by atoms with van der Waals surface area (Å²) < 4.78 is 2.08. The van der Waals surface area contributed by atoms with E-state index in [1.54, 1.807) is 36.7 Å². The lowest BCUT2D eigenvalue weighted by atomic mass is 9.86. The minimum atomic E-state index is -0.996. The number of anilines is 2. The monoisotopic (exact) mass is 951 g/mol. The third-order valence-electron chi connectivity index (χ3n) is 15.0. The summed E-state index contributed by atoms with van der Waals surface area (Å²) in [5.41, 5.74) is 3.18. The Morgan fingerprint density at radius 1 is 0.791 bits per heavy atom. The molecule has 7 heterocycles. The molecule has 2 aromatic heterocycles. The van der Waals surface area contributed by atoms with Gasteiger partial charge in [0.2, 0.25) is 17.7 Å². The van der Waals surface area contributed by atoms with Crippen LogP contribution in [0.5, 0.6) is 0 Å². The van der Waals surface area contributed by atoms with Crippen LogP contribution in [0.3, 0.4) is 0 Å². The van der Waals surface area contributed by atoms with Crippen molar-refractivity contribution in [1.29, 1.82) is 0 Å². The Morgan fingerprint density at radius 3 is 2.24 bits per heavy atom. The molecular weight excluding hydrogens is 898 g/mol. The molecule has 1 atom stereocenters. The number of halogens is 2. The van der Waals surface area contributed by atoms with Crippen LogP contribution in [0, 0.1) is 17.8 Å². The fraction of sp³-hybridized carbons (Fsp3) is 0.521. The number of fused-ring (bicyclic) bond motifs is 2. The third kappa shape index (κ3) is 9.21. The van der Waals surface area contributed by atoms with Crippen LogP contribution in [0.1, 0.15) is 108 Å². The van der Waals surface area contributed by atoms with Crippen LogP contribution < -0.4 is 20.9 Å². The molecule has 5 aliphatic heterocycles. The largest absolute Gasteiger partial charge is 0.371 e. The van der Waals surface area contributed by atoms with Crippen molar-refractivity contribution < 1.29 is 28.8 Å². The molecule has 352 valence electrons. The Balaban J connectivity index is 0.621. The molecule has 1 aliphatic carbocycles. The highest BCUT2D eigenvalue weighted by Gasteiger charge is 2.45. The lowest BCUT2D eigenvalue weighted by Gasteiger charge is -2.40. The molecular formula is C48H55Cl2N11O6. The number of hydrogen-bond acceptors (Lipinski definition) is 12. The first-order chi connectivity index (χ1) is 32.5. The van der Waals surface area contributed by atoms with E-state index in [4.69, 9.17) is 23.2 Å². The highest BCUT2D eigenvalue weighted by Crippen LogP contribution is 2.37. The highest BCUT2D eigenvalue weighted by atomic mass is 35.5. The smallest absolute Gasteiger partial charge is 0.262 e. The van der Waals surface area contributed by atoms with E-state index in [1.165, 1.54) is 0 Å². The molecule has 6 amide bonds. The molecule has 4 saturated heterocycles. The van der Waals surface area contributed by atoms with Crippen molar-refractivity contribution in [3.63, 3.8) is 0 Å². The first kappa shape index (κ1) is 45.1. The van der Waals surface area contributed by atoms with Gasteiger partial charge in [0, 0.05) is 69.4 Å². The Morgan fingerprint density at radius 2 is 1.51 bits per heavy atom. The van der Waals surface area contributed by atoms with Crippen molar-refractivity contribution in [3.8, 4) is 0 Å². The molecule has 6 aliphatic rings. The molecule has 0 bridgehead atoms. The fourth-order valence-electron chi connectivity index (χ4n) is 11.0. The van der Waals surface area contributed by atoms with Crippen LogP contribution in [-0.4, -0.2) is 134 Å². The van der Waals surface area contributed by atoms with E-state index in [0.717, 1.165) is 125 Å². The molecule has 5 fully saturated rings. The molecule has 1 saturated carbocycles. The van der Waals surface area contributed by atoms with Gasteiger partial charge in [0.25, 0.3) is 17.7 Å². The number of benzene rings is 2. The molecule has 2 aromatic carbocycles. The number of nitrogens with zero attached hydrogens (tertiary/aromatic N) is 8. The molecule has 4 aromatic rings. The molecule has 10 rings (SSSR count). The van der Waals surface area contributed by atoms with Gasteiger partial charge in [-0.2, -0.15) is 0 Å². The van der Waals surface area contributed by atoms with Gasteiger partial charge in [-0.25, -0.2) is 15.0 Å². The molecule has 0 radical (unpaired) electrons. The summed E-state index contributed by atoms with van der Waals surface area (Å²) in [4.78, 5) is 98.8. The topological polar surface area (TPSA) is 195 Å². The Bertz CT molecular complexity index is 2570. The summed E-state index contributed by atoms with van der Waals surface area (Å²) in [5.74, 6) is -0.156. The number of piperidine rings is 4. The number of carbonyl (C=O) groups excluding carboxylic acids is 6. The molecule has 0 spiro atoms. The minimum Gasteiger partial charge on any atom is -0.371 e. The number of hydrogen-bond donors (Lipinski definition) is 3. The van der Waals surface area contributed by atoms with Gasteiger partial charge < -0.3 is 29.9 Å². The van der Waals surface area contributed by atoms with Crippen molar-refractivity contribution in [2.75, 3.05) is 62.6 Å². The van der Waals surface area contributed by atoms with Gasteiger partial charge in [-0.3, -0.25) is 39.0 Å². The van der Waals surface area contributed by atoms with Crippen LogP contribution in [0.25, 0.3) is 11.2 Å². The molecule has 19 heteroatoms. The SMILES string of the molecule is O=C1CC[C@H](N2C(=O)c3ccc(N4CCC(C(=O)N5CCC(CN6CCC(CCNc7ncnc8c7ncn8C7CC(NC(=O)c8c(Cl)cccc8Cl)C7)CC6)CC5)CC4)cc3C2=O)C(=O)N1. The Kier molecular flexibility index (Phi) is 12.9. The standard InChI is InChI=1S/C48H55Cl2N11O6/c49-36-2-1-3-37(50)40(36)45(64)55-31-22-33(23-31)60-27-54-41-42(52-26-53-43(41)60)51-15-8-28-9-16-57(17-10-28)25-29-11-18-59(19-12-29)46(65)30-13-20-58(21-14-30)32-4-5-34-35(24-32)48(67)61(47(34)66)38-6-7-39(62)56-44(38)63/h1-5,24,26-31,33,38H,6-23,25H2,(H,55,64)(H,51,52,53)(H,56,62,63)/t31?,33?,38-/m0/s1. The quantitative estimate of drug-likeness (QED) is 0.155. The molecule has 3 N–H and O–H groups in total. The molecule has 17 nitrogen and oxygen atoms in total. The van der Waals surface area contributed by atoms with E-state index in [9.17, 15) is 28.8 Å². The first-order valence-corrected chi connectivity index (χ1v) is 24.5. The fourth-order valence-corrected chi connectivity index (χ4v) is 11.6. The number of nitrogens with one attached hydrogen (secondary N) is 3. The van der Waals surface area contributed by atoms with E-state index in [1.807, 2.05) is 12.4 Å². The summed E-state index contributed by atoms with van der Waals surface area (Å²) in [6.07, 6.45) is 12.0. The van der Waals surface area contributed by atoms with Crippen molar-refractivity contribution in [2.45, 2.75) is 88.8 Å². The van der Waals surface area contributed by atoms with Crippen LogP contribution in [0.2, 0.25) is 10.0 Å². The van der Waals surface area contributed by atoms with E-state index >= 15 is 0 Å². The van der Waals surface area contributed by atoms with Crippen molar-refractivity contribution in [2.24, 2.45) is 17.8 Å². The summed E-state index contributed by atoms with van der Waals surface area (Å²) in [6.45, 7) is 6.99. The van der Waals surface area contributed by atoms with Gasteiger partial charge in [-0.1, -0.05) is 29.3 Å². The first-order valence-electron chi connectivity index (χ1n) is 23.8. The van der Waals surface area contributed by atoms with E-state index in [2.05, 4.69) is 50.2 Å². The molecule has 0 unspecified atom stereocenters. The van der Waals surface area contributed by atoms with Crippen molar-refractivity contribution in [1.82, 2.24) is 44.9 Å². The van der Waals surface area contributed by atoms with E-state index in [-0.39, 0.29) is 53.8 Å². The predicted octanol–water partition coefficient (Wildman–Crippen LogP) is 5.34. The maximum atomic E-state index is 13.7. The number of likely N-dealkylation sites (tertiary alicyclic amines) is 2. The number of carbonyl (C=O) groups is 6. The normalized spacial score (nSPS) is 23.4. The maximum absolute atomic E-state index is 13.7. The lowest BCUT2D eigenvalue weighted by molar-refractivity contribution is -0.138. The summed E-state index contributed by atoms with van der Waals surface area (Å²) in [6, 6.07) is 9.42. The van der Waals surface area contributed by atoms with Crippen LogP contribution in [0.4, 0.5) is 11.5 Å². The van der Waals surface area contributed by atoms with Gasteiger partial charge in [0.05, 0.1) is 33.1 Å². The molecule has 67 heavy (non-hydrogen) atoms. The number of rotatable bonds is 12. The van der Waals surface area contributed by atoms with E-state index in [0.29, 0.717) is 40.5 Å². The number of aromatic nitrogens is 4. The Labute approximate surface area is 398 Å². The van der Waals surface area contributed by atoms with Gasteiger partial charge in [-0.05, 0) is 119 Å². The van der Waals surface area contributed by atoms with Gasteiger partial charge in [0.15, 0.2) is 11.5 Å². The second kappa shape index (κ2) is 19.2. The van der Waals surface area contributed by atoms with Gasteiger partial charge in [-0.15, -0.1) is 0 Å². The van der Waals surface area contributed by atoms with Gasteiger partial charge >= 0.3 is 0 Å². The summed E-state index contributed by atoms with van der Waals surface area (Å²) >= 11 is 12.5. The second-order valence-electron chi connectivity index (χ2n) is 19.1. The van der Waals surface area contributed by atoms with Crippen molar-refractivity contribution in [3.05, 3.63) is 75.8 Å². The minimum absolute atomic E-state index is 0.00261. The summed E-state index contributed by atoms with van der Waals surface area (Å²) in [5, 5.41) is 9.49. The lowest BCUT2D eigenvalue weighted by Crippen LogP contribution is -2.54. The Hall–Kier alpha value is -5.65. The number of amides is 6. The van der Waals surface area contributed by atoms with Crippen LogP contribution in [0.15, 0.2) is 49.1 Å². The second-order valence-corrected chi connectivity index (χ2v) is 19.9.